The van der Waals surface area contributed by atoms with Crippen LogP contribution < -0.4 is 5.32 Å². The van der Waals surface area contributed by atoms with Crippen molar-refractivity contribution in [3.05, 3.63) is 29.0 Å². The highest BCUT2D eigenvalue weighted by molar-refractivity contribution is 6.30. The van der Waals surface area contributed by atoms with E-state index in [-0.39, 0.29) is 11.6 Å². The van der Waals surface area contributed by atoms with E-state index in [0.717, 1.165) is 5.69 Å². The van der Waals surface area contributed by atoms with E-state index in [1.807, 2.05) is 27.0 Å². The summed E-state index contributed by atoms with van der Waals surface area (Å²) in [5.74, 6) is 0. The molecular weight excluding hydrogens is 212 g/mol. The number of hydrogen-bond donors (Lipinski definition) is 1. The van der Waals surface area contributed by atoms with Crippen molar-refractivity contribution in [2.45, 2.75) is 25.5 Å². The van der Waals surface area contributed by atoms with Crippen molar-refractivity contribution in [1.29, 1.82) is 0 Å². The molecule has 1 rings (SSSR count). The van der Waals surface area contributed by atoms with E-state index in [0.29, 0.717) is 5.02 Å². The lowest BCUT2D eigenvalue weighted by atomic mass is 9.95. The Balaban J connectivity index is 3.02. The minimum absolute atomic E-state index is 0.0150. The monoisotopic (exact) mass is 228 g/mol. The molecule has 0 bridgehead atoms. The molecule has 15 heavy (non-hydrogen) atoms. The molecule has 0 saturated heterocycles. The summed E-state index contributed by atoms with van der Waals surface area (Å²) in [6.07, 6.45) is 1.70. The van der Waals surface area contributed by atoms with Crippen molar-refractivity contribution in [2.24, 2.45) is 0 Å². The zero-order valence-corrected chi connectivity index (χ0v) is 10.3. The minimum atomic E-state index is -0.327. The third-order valence-corrected chi connectivity index (χ3v) is 2.78. The summed E-state index contributed by atoms with van der Waals surface area (Å²) in [5.41, 5.74) is 0.559. The van der Waals surface area contributed by atoms with Crippen LogP contribution in [-0.2, 0) is 4.74 Å². The lowest BCUT2D eigenvalue weighted by Gasteiger charge is -2.32. The maximum absolute atomic E-state index is 5.93. The molecule has 0 aromatic carbocycles. The van der Waals surface area contributed by atoms with Gasteiger partial charge in [-0.25, -0.2) is 0 Å². The Hall–Kier alpha value is -0.640. The SMILES string of the molecule is CNC(c1cc(Cl)ccn1)C(C)(C)OC. The van der Waals surface area contributed by atoms with Crippen LogP contribution in [0.5, 0.6) is 0 Å². The quantitative estimate of drug-likeness (QED) is 0.860. The molecule has 0 spiro atoms. The number of aromatic nitrogens is 1. The summed E-state index contributed by atoms with van der Waals surface area (Å²) in [4.78, 5) is 4.30. The smallest absolute Gasteiger partial charge is 0.0831 e. The van der Waals surface area contributed by atoms with E-state index in [1.54, 1.807) is 19.4 Å². The summed E-state index contributed by atoms with van der Waals surface area (Å²) < 4.78 is 5.44. The number of nitrogens with one attached hydrogen (secondary N) is 1. The zero-order valence-electron chi connectivity index (χ0n) is 9.54. The van der Waals surface area contributed by atoms with E-state index < -0.39 is 0 Å². The second kappa shape index (κ2) is 4.92. The van der Waals surface area contributed by atoms with Crippen molar-refractivity contribution in [2.75, 3.05) is 14.2 Å². The van der Waals surface area contributed by atoms with Gasteiger partial charge in [-0.3, -0.25) is 4.98 Å². The first-order chi connectivity index (χ1) is 7.01. The van der Waals surface area contributed by atoms with Crippen molar-refractivity contribution in [1.82, 2.24) is 10.3 Å². The molecule has 1 N–H and O–H groups in total. The summed E-state index contributed by atoms with van der Waals surface area (Å²) in [6, 6.07) is 3.63. The van der Waals surface area contributed by atoms with Gasteiger partial charge in [0.2, 0.25) is 0 Å². The molecule has 0 aliphatic carbocycles. The third kappa shape index (κ3) is 2.91. The first kappa shape index (κ1) is 12.4. The number of ether oxygens (including phenoxy) is 1. The molecule has 4 heteroatoms. The molecule has 84 valence electrons. The summed E-state index contributed by atoms with van der Waals surface area (Å²) in [5, 5.41) is 3.88. The van der Waals surface area contributed by atoms with Gasteiger partial charge < -0.3 is 10.1 Å². The molecule has 0 aliphatic rings. The largest absolute Gasteiger partial charge is 0.377 e. The lowest BCUT2D eigenvalue weighted by Crippen LogP contribution is -2.39. The van der Waals surface area contributed by atoms with Crippen LogP contribution in [-0.4, -0.2) is 24.7 Å². The fourth-order valence-electron chi connectivity index (χ4n) is 1.55. The van der Waals surface area contributed by atoms with Crippen LogP contribution in [0, 0.1) is 0 Å². The number of nitrogens with zero attached hydrogens (tertiary/aromatic N) is 1. The lowest BCUT2D eigenvalue weighted by molar-refractivity contribution is -0.0101. The molecule has 0 aliphatic heterocycles. The van der Waals surface area contributed by atoms with Gasteiger partial charge in [0.15, 0.2) is 0 Å². The molecule has 1 atom stereocenters. The van der Waals surface area contributed by atoms with Gasteiger partial charge in [-0.05, 0) is 33.0 Å². The Morgan fingerprint density at radius 1 is 1.53 bits per heavy atom. The second-order valence-electron chi connectivity index (χ2n) is 3.93. The van der Waals surface area contributed by atoms with Gasteiger partial charge >= 0.3 is 0 Å². The van der Waals surface area contributed by atoms with Crippen molar-refractivity contribution >= 4 is 11.6 Å². The molecule has 0 amide bonds. The topological polar surface area (TPSA) is 34.2 Å². The molecule has 1 heterocycles. The fraction of sp³-hybridized carbons (Fsp3) is 0.545. The maximum Gasteiger partial charge on any atom is 0.0831 e. The predicted molar refractivity (Wildman–Crippen MR) is 62.1 cm³/mol. The Morgan fingerprint density at radius 2 is 2.20 bits per heavy atom. The molecule has 1 aromatic heterocycles. The van der Waals surface area contributed by atoms with Gasteiger partial charge in [-0.1, -0.05) is 11.6 Å². The highest BCUT2D eigenvalue weighted by Crippen LogP contribution is 2.27. The van der Waals surface area contributed by atoms with Crippen molar-refractivity contribution in [3.8, 4) is 0 Å². The summed E-state index contributed by atoms with van der Waals surface area (Å²) in [6.45, 7) is 4.02. The Kier molecular flexibility index (Phi) is 4.08. The van der Waals surface area contributed by atoms with Gasteiger partial charge in [0, 0.05) is 18.3 Å². The van der Waals surface area contributed by atoms with Crippen LogP contribution >= 0.6 is 11.6 Å². The Labute approximate surface area is 95.8 Å². The van der Waals surface area contributed by atoms with E-state index >= 15 is 0 Å². The Bertz CT molecular complexity index is 328. The molecule has 0 fully saturated rings. The average molecular weight is 229 g/mol. The number of hydrogen-bond acceptors (Lipinski definition) is 3. The first-order valence-corrected chi connectivity index (χ1v) is 5.23. The number of pyridine rings is 1. The van der Waals surface area contributed by atoms with Gasteiger partial charge in [0.25, 0.3) is 0 Å². The van der Waals surface area contributed by atoms with E-state index in [2.05, 4.69) is 10.3 Å². The van der Waals surface area contributed by atoms with Gasteiger partial charge in [-0.15, -0.1) is 0 Å². The van der Waals surface area contributed by atoms with Gasteiger partial charge in [-0.2, -0.15) is 0 Å². The van der Waals surface area contributed by atoms with Gasteiger partial charge in [0.1, 0.15) is 0 Å². The van der Waals surface area contributed by atoms with E-state index in [4.69, 9.17) is 16.3 Å². The minimum Gasteiger partial charge on any atom is -0.377 e. The molecule has 1 unspecified atom stereocenters. The van der Waals surface area contributed by atoms with Crippen LogP contribution in [0.25, 0.3) is 0 Å². The highest BCUT2D eigenvalue weighted by atomic mass is 35.5. The van der Waals surface area contributed by atoms with Crippen LogP contribution in [0.1, 0.15) is 25.6 Å². The molecule has 0 saturated carbocycles. The third-order valence-electron chi connectivity index (χ3n) is 2.55. The van der Waals surface area contributed by atoms with Crippen LogP contribution in [0.15, 0.2) is 18.3 Å². The molecule has 1 aromatic rings. The zero-order chi connectivity index (χ0) is 11.5. The van der Waals surface area contributed by atoms with Gasteiger partial charge in [0.05, 0.1) is 17.3 Å². The molecule has 3 nitrogen and oxygen atoms in total. The van der Waals surface area contributed by atoms with Crippen molar-refractivity contribution < 1.29 is 4.74 Å². The second-order valence-corrected chi connectivity index (χ2v) is 4.36. The maximum atomic E-state index is 5.93. The normalized spacial score (nSPS) is 13.9. The Morgan fingerprint density at radius 3 is 2.67 bits per heavy atom. The summed E-state index contributed by atoms with van der Waals surface area (Å²) >= 11 is 5.93. The van der Waals surface area contributed by atoms with E-state index in [1.165, 1.54) is 0 Å². The highest BCUT2D eigenvalue weighted by Gasteiger charge is 2.30. The average Bonchev–Trinajstić information content (AvgIpc) is 2.18. The number of methoxy groups -OCH3 is 1. The molecular formula is C11H17ClN2O. The van der Waals surface area contributed by atoms with Crippen LogP contribution in [0.4, 0.5) is 0 Å². The summed E-state index contributed by atoms with van der Waals surface area (Å²) in [7, 11) is 3.57. The predicted octanol–water partition coefficient (Wildman–Crippen LogP) is 2.42. The van der Waals surface area contributed by atoms with E-state index in [9.17, 15) is 0 Å². The number of halogens is 1. The first-order valence-electron chi connectivity index (χ1n) is 4.85. The standard InChI is InChI=1S/C11H17ClN2O/c1-11(2,15-4)10(13-3)9-7-8(12)5-6-14-9/h5-7,10,13H,1-4H3. The van der Waals surface area contributed by atoms with Crippen LogP contribution in [0.3, 0.4) is 0 Å². The van der Waals surface area contributed by atoms with Crippen molar-refractivity contribution in [3.63, 3.8) is 0 Å². The number of likely N-dealkylation sites (N-methyl/N-ethyl adjacent to an activating group) is 1. The number of rotatable bonds is 4. The molecule has 0 radical (unpaired) electrons. The fourth-order valence-corrected chi connectivity index (χ4v) is 1.72. The van der Waals surface area contributed by atoms with Crippen LogP contribution in [0.2, 0.25) is 5.02 Å².